The van der Waals surface area contributed by atoms with Gasteiger partial charge in [0.25, 0.3) is 0 Å². The van der Waals surface area contributed by atoms with Crippen LogP contribution in [0.5, 0.6) is 0 Å². The van der Waals surface area contributed by atoms with Crippen LogP contribution in [0.1, 0.15) is 20.3 Å². The lowest BCUT2D eigenvalue weighted by Gasteiger charge is -2.43. The first-order chi connectivity index (χ1) is 9.34. The maximum atomic E-state index is 11.4. The summed E-state index contributed by atoms with van der Waals surface area (Å²) >= 11 is 0. The standard InChI is InChI=1S/C15H34O3Si3/c1-10-19(4,5)18-21(8,9)20(6,7)13-11-12-17-15(16)14(2)3/h2,10-13H2,1,3-9H3. The van der Waals surface area contributed by atoms with Gasteiger partial charge in [-0.15, -0.1) is 0 Å². The lowest BCUT2D eigenvalue weighted by atomic mass is 10.4. The van der Waals surface area contributed by atoms with E-state index in [1.54, 1.807) is 6.92 Å². The average Bonchev–Trinajstić information content (AvgIpc) is 2.32. The molecule has 6 heteroatoms. The smallest absolute Gasteiger partial charge is 0.333 e. The normalized spacial score (nSPS) is 13.1. The molecule has 0 spiro atoms. The van der Waals surface area contributed by atoms with E-state index < -0.39 is 23.7 Å². The van der Waals surface area contributed by atoms with Crippen LogP contribution in [-0.2, 0) is 13.6 Å². The van der Waals surface area contributed by atoms with Gasteiger partial charge in [-0.2, -0.15) is 0 Å². The highest BCUT2D eigenvalue weighted by molar-refractivity contribution is 7.39. The summed E-state index contributed by atoms with van der Waals surface area (Å²) in [5.41, 5.74) is 0.472. The topological polar surface area (TPSA) is 35.5 Å². The minimum atomic E-state index is -1.64. The number of esters is 1. The summed E-state index contributed by atoms with van der Waals surface area (Å²) in [6.45, 7) is 22.3. The van der Waals surface area contributed by atoms with Crippen molar-refractivity contribution < 1.29 is 13.6 Å². The fourth-order valence-electron chi connectivity index (χ4n) is 2.00. The first kappa shape index (κ1) is 20.8. The molecule has 0 aliphatic rings. The van der Waals surface area contributed by atoms with Crippen molar-refractivity contribution in [2.45, 2.75) is 71.6 Å². The maximum absolute atomic E-state index is 11.4. The van der Waals surface area contributed by atoms with Crippen molar-refractivity contribution in [3.05, 3.63) is 12.2 Å². The number of rotatable bonds is 9. The second-order valence-electron chi connectivity index (χ2n) is 7.63. The van der Waals surface area contributed by atoms with E-state index in [0.29, 0.717) is 12.2 Å². The van der Waals surface area contributed by atoms with Crippen LogP contribution in [-0.4, -0.2) is 36.3 Å². The Morgan fingerprint density at radius 1 is 1.10 bits per heavy atom. The molecule has 0 aliphatic carbocycles. The van der Waals surface area contributed by atoms with E-state index in [2.05, 4.69) is 52.8 Å². The molecule has 0 aromatic carbocycles. The van der Waals surface area contributed by atoms with Crippen LogP contribution in [0, 0.1) is 0 Å². The number of ether oxygens (including phenoxy) is 1. The molecule has 0 rings (SSSR count). The molecule has 0 fully saturated rings. The summed E-state index contributed by atoms with van der Waals surface area (Å²) in [7, 11) is -4.57. The molecule has 0 aromatic rings. The van der Waals surface area contributed by atoms with E-state index in [0.717, 1.165) is 12.5 Å². The molecule has 0 unspecified atom stereocenters. The Morgan fingerprint density at radius 3 is 2.05 bits per heavy atom. The number of carbonyl (C=O) groups is 1. The van der Waals surface area contributed by atoms with Gasteiger partial charge in [0, 0.05) is 5.57 Å². The Hall–Kier alpha value is -0.179. The maximum Gasteiger partial charge on any atom is 0.333 e. The van der Waals surface area contributed by atoms with Crippen LogP contribution in [0.15, 0.2) is 12.2 Å². The molecule has 0 aromatic heterocycles. The first-order valence-electron chi connectivity index (χ1n) is 7.87. The van der Waals surface area contributed by atoms with Crippen LogP contribution < -0.4 is 0 Å². The predicted octanol–water partition coefficient (Wildman–Crippen LogP) is 4.73. The van der Waals surface area contributed by atoms with Crippen molar-refractivity contribution in [1.82, 2.24) is 0 Å². The fourth-order valence-corrected chi connectivity index (χ4v) is 18.2. The highest BCUT2D eigenvalue weighted by Gasteiger charge is 2.45. The average molecular weight is 347 g/mol. The molecule has 0 heterocycles. The molecule has 124 valence electrons. The van der Waals surface area contributed by atoms with E-state index in [1.807, 2.05) is 0 Å². The van der Waals surface area contributed by atoms with E-state index in [9.17, 15) is 4.79 Å². The zero-order valence-corrected chi connectivity index (χ0v) is 18.3. The zero-order chi connectivity index (χ0) is 16.9. The highest BCUT2D eigenvalue weighted by atomic mass is 29.3. The van der Waals surface area contributed by atoms with E-state index in [-0.39, 0.29) is 5.97 Å². The first-order valence-corrected chi connectivity index (χ1v) is 18.1. The van der Waals surface area contributed by atoms with Crippen molar-refractivity contribution >= 4 is 29.7 Å². The minimum absolute atomic E-state index is 0.276. The third-order valence-electron chi connectivity index (χ3n) is 4.54. The molecule has 0 N–H and O–H groups in total. The molecule has 0 amide bonds. The Labute approximate surface area is 134 Å². The van der Waals surface area contributed by atoms with E-state index >= 15 is 0 Å². The van der Waals surface area contributed by atoms with E-state index in [1.165, 1.54) is 6.04 Å². The van der Waals surface area contributed by atoms with Crippen molar-refractivity contribution in [1.29, 1.82) is 0 Å². The minimum Gasteiger partial charge on any atom is -0.462 e. The van der Waals surface area contributed by atoms with Gasteiger partial charge >= 0.3 is 5.97 Å². The third-order valence-corrected chi connectivity index (χ3v) is 26.8. The molecular weight excluding hydrogens is 312 g/mol. The lowest BCUT2D eigenvalue weighted by Crippen LogP contribution is -2.61. The summed E-state index contributed by atoms with van der Waals surface area (Å²) in [5, 5.41) is 0. The summed E-state index contributed by atoms with van der Waals surface area (Å²) in [6, 6.07) is 2.33. The monoisotopic (exact) mass is 346 g/mol. The van der Waals surface area contributed by atoms with Gasteiger partial charge in [-0.3, -0.25) is 0 Å². The van der Waals surface area contributed by atoms with Gasteiger partial charge in [-0.05, 0) is 45.6 Å². The Morgan fingerprint density at radius 2 is 1.62 bits per heavy atom. The van der Waals surface area contributed by atoms with Crippen molar-refractivity contribution in [2.75, 3.05) is 6.61 Å². The summed E-state index contributed by atoms with van der Waals surface area (Å²) < 4.78 is 11.9. The van der Waals surface area contributed by atoms with Crippen LogP contribution in [0.2, 0.25) is 51.4 Å². The second-order valence-corrected chi connectivity index (χ2v) is 27.6. The molecule has 0 aliphatic heterocycles. The SMILES string of the molecule is C=C(C)C(=O)OCCC[Si](C)(C)[Si](C)(C)O[Si](C)(C)CC. The van der Waals surface area contributed by atoms with Crippen molar-refractivity contribution in [3.8, 4) is 0 Å². The summed E-state index contributed by atoms with van der Waals surface area (Å²) in [6.07, 6.45) is 0.937. The van der Waals surface area contributed by atoms with Crippen molar-refractivity contribution in [3.63, 3.8) is 0 Å². The molecule has 0 atom stereocenters. The Kier molecular flexibility index (Phi) is 7.83. The van der Waals surface area contributed by atoms with Gasteiger partial charge in [0.15, 0.2) is 16.2 Å². The van der Waals surface area contributed by atoms with Crippen molar-refractivity contribution in [2.24, 2.45) is 0 Å². The highest BCUT2D eigenvalue weighted by Crippen LogP contribution is 2.29. The van der Waals surface area contributed by atoms with Crippen LogP contribution in [0.3, 0.4) is 0 Å². The van der Waals surface area contributed by atoms with Gasteiger partial charge in [0.2, 0.25) is 0 Å². The molecule has 0 saturated heterocycles. The Balaban J connectivity index is 4.46. The quantitative estimate of drug-likeness (QED) is 0.262. The number of carbonyl (C=O) groups excluding carboxylic acids is 1. The van der Waals surface area contributed by atoms with Crippen LogP contribution >= 0.6 is 0 Å². The van der Waals surface area contributed by atoms with Gasteiger partial charge < -0.3 is 8.85 Å². The molecule has 21 heavy (non-hydrogen) atoms. The number of hydrogen-bond donors (Lipinski definition) is 0. The van der Waals surface area contributed by atoms with Gasteiger partial charge in [-0.25, -0.2) is 4.79 Å². The molecule has 3 nitrogen and oxygen atoms in total. The molecule has 0 bridgehead atoms. The largest absolute Gasteiger partial charge is 0.462 e. The predicted molar refractivity (Wildman–Crippen MR) is 99.2 cm³/mol. The van der Waals surface area contributed by atoms with Crippen LogP contribution in [0.4, 0.5) is 0 Å². The van der Waals surface area contributed by atoms with Gasteiger partial charge in [0.05, 0.1) is 14.2 Å². The lowest BCUT2D eigenvalue weighted by molar-refractivity contribution is -0.138. The van der Waals surface area contributed by atoms with Crippen LogP contribution in [0.25, 0.3) is 0 Å². The van der Waals surface area contributed by atoms with E-state index in [4.69, 9.17) is 8.85 Å². The summed E-state index contributed by atoms with van der Waals surface area (Å²) in [5.74, 6) is -0.276. The number of hydrogen-bond acceptors (Lipinski definition) is 3. The molecular formula is C15H34O3Si3. The fraction of sp³-hybridized carbons (Fsp3) is 0.800. The zero-order valence-electron chi connectivity index (χ0n) is 15.3. The molecule has 0 saturated carbocycles. The second kappa shape index (κ2) is 7.90. The molecule has 0 radical (unpaired) electrons. The van der Waals surface area contributed by atoms with Gasteiger partial charge in [-0.1, -0.05) is 32.6 Å². The van der Waals surface area contributed by atoms with Gasteiger partial charge in [0.1, 0.15) is 0 Å². The summed E-state index contributed by atoms with van der Waals surface area (Å²) in [4.78, 5) is 11.4. The Bertz CT molecular complexity index is 376. The third kappa shape index (κ3) is 7.08.